The van der Waals surface area contributed by atoms with Crippen LogP contribution >= 0.6 is 11.8 Å². The van der Waals surface area contributed by atoms with Gasteiger partial charge in [-0.25, -0.2) is 0 Å². The van der Waals surface area contributed by atoms with Gasteiger partial charge in [-0.05, 0) is 56.4 Å². The summed E-state index contributed by atoms with van der Waals surface area (Å²) < 4.78 is 2.03. The van der Waals surface area contributed by atoms with E-state index < -0.39 is 0 Å². The molecule has 0 atom stereocenters. The molecule has 0 aliphatic heterocycles. The van der Waals surface area contributed by atoms with Gasteiger partial charge in [-0.3, -0.25) is 9.36 Å². The summed E-state index contributed by atoms with van der Waals surface area (Å²) in [5.41, 5.74) is 4.85. The number of nitrogens with zero attached hydrogens (tertiary/aromatic N) is 3. The van der Waals surface area contributed by atoms with Crippen molar-refractivity contribution in [2.45, 2.75) is 44.2 Å². The minimum atomic E-state index is 0.0328. The molecule has 0 spiro atoms. The molecule has 0 saturated heterocycles. The Hall–Kier alpha value is -2.60. The largest absolute Gasteiger partial charge is 0.354 e. The van der Waals surface area contributed by atoms with E-state index in [1.54, 1.807) is 0 Å². The van der Waals surface area contributed by atoms with Gasteiger partial charge in [0.05, 0.1) is 11.4 Å². The number of nitrogens with one attached hydrogen (secondary N) is 1. The Balaban J connectivity index is 1.40. The standard InChI is InChI=1S/C23H26N4OS/c1-16-9-10-17(2)20(13-16)27-18(3)25-26-22(27)29-14-21(28)24-15-23(11-12-23)19-7-5-4-6-8-19/h4-10,13H,11-12,14-15H2,1-3H3,(H,24,28). The molecule has 4 rings (SSSR count). The van der Waals surface area contributed by atoms with Crippen molar-refractivity contribution in [3.8, 4) is 5.69 Å². The molecule has 150 valence electrons. The van der Waals surface area contributed by atoms with Gasteiger partial charge in [0.15, 0.2) is 5.16 Å². The average molecular weight is 407 g/mol. The lowest BCUT2D eigenvalue weighted by molar-refractivity contribution is -0.118. The molecule has 0 unspecified atom stereocenters. The van der Waals surface area contributed by atoms with Crippen LogP contribution in [0.5, 0.6) is 0 Å². The summed E-state index contributed by atoms with van der Waals surface area (Å²) in [7, 11) is 0. The normalized spacial score (nSPS) is 14.6. The highest BCUT2D eigenvalue weighted by molar-refractivity contribution is 7.99. The second-order valence-electron chi connectivity index (χ2n) is 7.87. The Bertz CT molecular complexity index is 1020. The van der Waals surface area contributed by atoms with E-state index in [4.69, 9.17) is 0 Å². The van der Waals surface area contributed by atoms with E-state index in [-0.39, 0.29) is 11.3 Å². The van der Waals surface area contributed by atoms with Crippen LogP contribution < -0.4 is 5.32 Å². The van der Waals surface area contributed by atoms with Crippen LogP contribution in [0, 0.1) is 20.8 Å². The molecule has 3 aromatic rings. The summed E-state index contributed by atoms with van der Waals surface area (Å²) in [5, 5.41) is 12.4. The van der Waals surface area contributed by atoms with Crippen molar-refractivity contribution in [3.05, 3.63) is 71.0 Å². The summed E-state index contributed by atoms with van der Waals surface area (Å²) in [4.78, 5) is 12.5. The first-order valence-corrected chi connectivity index (χ1v) is 10.9. The highest BCUT2D eigenvalue weighted by Gasteiger charge is 2.44. The first-order valence-electron chi connectivity index (χ1n) is 9.93. The van der Waals surface area contributed by atoms with Gasteiger partial charge in [-0.2, -0.15) is 0 Å². The van der Waals surface area contributed by atoms with E-state index in [1.165, 1.54) is 22.9 Å². The number of carbonyl (C=O) groups is 1. The van der Waals surface area contributed by atoms with Crippen molar-refractivity contribution in [1.82, 2.24) is 20.1 Å². The van der Waals surface area contributed by atoms with E-state index >= 15 is 0 Å². The van der Waals surface area contributed by atoms with Crippen LogP contribution in [0.3, 0.4) is 0 Å². The Kier molecular flexibility index (Phi) is 5.46. The maximum Gasteiger partial charge on any atom is 0.230 e. The number of aromatic nitrogens is 3. The van der Waals surface area contributed by atoms with E-state index in [9.17, 15) is 4.79 Å². The lowest BCUT2D eigenvalue weighted by atomic mass is 9.96. The fourth-order valence-electron chi connectivity index (χ4n) is 3.63. The van der Waals surface area contributed by atoms with Gasteiger partial charge >= 0.3 is 0 Å². The summed E-state index contributed by atoms with van der Waals surface area (Å²) in [6.07, 6.45) is 2.26. The van der Waals surface area contributed by atoms with Crippen LogP contribution in [0.25, 0.3) is 5.69 Å². The second kappa shape index (κ2) is 8.03. The third-order valence-electron chi connectivity index (χ3n) is 5.60. The summed E-state index contributed by atoms with van der Waals surface area (Å²) >= 11 is 1.43. The van der Waals surface area contributed by atoms with E-state index in [2.05, 4.69) is 71.8 Å². The van der Waals surface area contributed by atoms with Crippen molar-refractivity contribution < 1.29 is 4.79 Å². The minimum absolute atomic E-state index is 0.0328. The predicted molar refractivity (Wildman–Crippen MR) is 117 cm³/mol. The minimum Gasteiger partial charge on any atom is -0.354 e. The maximum absolute atomic E-state index is 12.5. The Morgan fingerprint density at radius 2 is 1.86 bits per heavy atom. The van der Waals surface area contributed by atoms with Gasteiger partial charge in [0.1, 0.15) is 5.82 Å². The third kappa shape index (κ3) is 4.22. The second-order valence-corrected chi connectivity index (χ2v) is 8.81. The van der Waals surface area contributed by atoms with E-state index in [1.807, 2.05) is 17.6 Å². The van der Waals surface area contributed by atoms with E-state index in [0.717, 1.165) is 35.1 Å². The van der Waals surface area contributed by atoms with Crippen LogP contribution in [-0.2, 0) is 10.2 Å². The number of thioether (sulfide) groups is 1. The number of hydrogen-bond donors (Lipinski definition) is 1. The molecule has 2 aromatic carbocycles. The first-order chi connectivity index (χ1) is 14.0. The first kappa shape index (κ1) is 19.7. The Morgan fingerprint density at radius 3 is 2.59 bits per heavy atom. The number of carbonyl (C=O) groups excluding carboxylic acids is 1. The van der Waals surface area contributed by atoms with Crippen LogP contribution in [-0.4, -0.2) is 33.0 Å². The molecule has 1 aliphatic carbocycles. The number of benzene rings is 2. The van der Waals surface area contributed by atoms with Crippen LogP contribution in [0.4, 0.5) is 0 Å². The maximum atomic E-state index is 12.5. The molecule has 6 heteroatoms. The Labute approximate surface area is 175 Å². The molecule has 0 radical (unpaired) electrons. The van der Waals surface area contributed by atoms with Crippen LogP contribution in [0.15, 0.2) is 53.7 Å². The molecule has 1 saturated carbocycles. The summed E-state index contributed by atoms with van der Waals surface area (Å²) in [5.74, 6) is 1.18. The van der Waals surface area contributed by atoms with Gasteiger partial charge in [0, 0.05) is 12.0 Å². The third-order valence-corrected chi connectivity index (χ3v) is 6.53. The molecule has 1 amide bonds. The van der Waals surface area contributed by atoms with Gasteiger partial charge < -0.3 is 5.32 Å². The summed E-state index contributed by atoms with van der Waals surface area (Å²) in [6.45, 7) is 6.78. The topological polar surface area (TPSA) is 59.8 Å². The van der Waals surface area contributed by atoms with Crippen LogP contribution in [0.1, 0.15) is 35.4 Å². The number of rotatable bonds is 7. The average Bonchev–Trinajstić information content (AvgIpc) is 3.44. The molecule has 1 N–H and O–H groups in total. The molecule has 1 fully saturated rings. The number of hydrogen-bond acceptors (Lipinski definition) is 4. The monoisotopic (exact) mass is 406 g/mol. The lowest BCUT2D eigenvalue weighted by Gasteiger charge is -2.16. The van der Waals surface area contributed by atoms with Gasteiger partial charge in [0.2, 0.25) is 5.91 Å². The van der Waals surface area contributed by atoms with Gasteiger partial charge in [-0.1, -0.05) is 54.2 Å². The fourth-order valence-corrected chi connectivity index (χ4v) is 4.45. The fraction of sp³-hybridized carbons (Fsp3) is 0.348. The molecular formula is C23H26N4OS. The van der Waals surface area contributed by atoms with Crippen LogP contribution in [0.2, 0.25) is 0 Å². The quantitative estimate of drug-likeness (QED) is 0.599. The summed E-state index contributed by atoms with van der Waals surface area (Å²) in [6, 6.07) is 16.8. The molecule has 1 heterocycles. The Morgan fingerprint density at radius 1 is 1.10 bits per heavy atom. The number of aryl methyl sites for hydroxylation is 3. The van der Waals surface area contributed by atoms with Gasteiger partial charge in [0.25, 0.3) is 0 Å². The molecule has 5 nitrogen and oxygen atoms in total. The highest BCUT2D eigenvalue weighted by Crippen LogP contribution is 2.47. The van der Waals surface area contributed by atoms with Crippen molar-refractivity contribution in [3.63, 3.8) is 0 Å². The molecule has 1 aliphatic rings. The van der Waals surface area contributed by atoms with Crippen molar-refractivity contribution in [2.24, 2.45) is 0 Å². The lowest BCUT2D eigenvalue weighted by Crippen LogP contribution is -2.33. The smallest absolute Gasteiger partial charge is 0.230 e. The van der Waals surface area contributed by atoms with Crippen molar-refractivity contribution in [2.75, 3.05) is 12.3 Å². The molecular weight excluding hydrogens is 380 g/mol. The highest BCUT2D eigenvalue weighted by atomic mass is 32.2. The van der Waals surface area contributed by atoms with Crippen molar-refractivity contribution >= 4 is 17.7 Å². The molecule has 29 heavy (non-hydrogen) atoms. The zero-order chi connectivity index (χ0) is 20.4. The molecule has 1 aromatic heterocycles. The zero-order valence-electron chi connectivity index (χ0n) is 17.1. The van der Waals surface area contributed by atoms with Crippen molar-refractivity contribution in [1.29, 1.82) is 0 Å². The SMILES string of the molecule is Cc1ccc(C)c(-n2c(C)nnc2SCC(=O)NCC2(c3ccccc3)CC2)c1. The molecule has 0 bridgehead atoms. The zero-order valence-corrected chi connectivity index (χ0v) is 17.9. The van der Waals surface area contributed by atoms with E-state index in [0.29, 0.717) is 12.3 Å². The van der Waals surface area contributed by atoms with Gasteiger partial charge in [-0.15, -0.1) is 10.2 Å². The predicted octanol–water partition coefficient (Wildman–Crippen LogP) is 4.13. The number of amides is 1.